The predicted molar refractivity (Wildman–Crippen MR) is 81.4 cm³/mol. The summed E-state index contributed by atoms with van der Waals surface area (Å²) in [4.78, 5) is 0. The van der Waals surface area contributed by atoms with Crippen molar-refractivity contribution in [3.05, 3.63) is 60.3 Å². The van der Waals surface area contributed by atoms with Crippen LogP contribution in [0.2, 0.25) is 0 Å². The smallest absolute Gasteiger partial charge is 0.145 e. The van der Waals surface area contributed by atoms with E-state index >= 15 is 0 Å². The zero-order chi connectivity index (χ0) is 15.1. The molecular formula is C17H13N3O. The molecule has 0 fully saturated rings. The summed E-state index contributed by atoms with van der Waals surface area (Å²) in [6, 6.07) is 19.1. The van der Waals surface area contributed by atoms with Crippen molar-refractivity contribution in [3.8, 4) is 29.0 Å². The van der Waals surface area contributed by atoms with Crippen LogP contribution in [0.5, 0.6) is 5.75 Å². The number of nitrogens with zero attached hydrogens (tertiary/aromatic N) is 2. The second-order valence-electron chi connectivity index (χ2n) is 4.24. The molecule has 1 N–H and O–H groups in total. The van der Waals surface area contributed by atoms with Crippen molar-refractivity contribution >= 4 is 5.69 Å². The lowest BCUT2D eigenvalue weighted by atomic mass is 10.0. The number of benzene rings is 2. The molecule has 0 aromatic heterocycles. The third-order valence-corrected chi connectivity index (χ3v) is 2.89. The largest absolute Gasteiger partial charge is 0.497 e. The van der Waals surface area contributed by atoms with Crippen LogP contribution in [0.1, 0.15) is 0 Å². The highest BCUT2D eigenvalue weighted by Crippen LogP contribution is 2.26. The average molecular weight is 275 g/mol. The Kier molecular flexibility index (Phi) is 4.58. The lowest BCUT2D eigenvalue weighted by Crippen LogP contribution is -1.90. The number of hydrogen-bond donors (Lipinski definition) is 1. The van der Waals surface area contributed by atoms with Gasteiger partial charge in [-0.05, 0) is 35.4 Å². The zero-order valence-corrected chi connectivity index (χ0v) is 11.5. The molecule has 0 bridgehead atoms. The lowest BCUT2D eigenvalue weighted by molar-refractivity contribution is 0.415. The molecule has 0 amide bonds. The van der Waals surface area contributed by atoms with Gasteiger partial charge in [0.2, 0.25) is 0 Å². The third kappa shape index (κ3) is 3.62. The first-order chi connectivity index (χ1) is 10.3. The fourth-order valence-electron chi connectivity index (χ4n) is 1.84. The minimum Gasteiger partial charge on any atom is -0.497 e. The normalized spacial score (nSPS) is 9.10. The Labute approximate surface area is 123 Å². The summed E-state index contributed by atoms with van der Waals surface area (Å²) in [6.45, 7) is 0. The van der Waals surface area contributed by atoms with Gasteiger partial charge in [-0.2, -0.15) is 10.5 Å². The van der Waals surface area contributed by atoms with E-state index in [0.717, 1.165) is 22.6 Å². The number of rotatable bonds is 4. The maximum Gasteiger partial charge on any atom is 0.145 e. The van der Waals surface area contributed by atoms with E-state index in [0.29, 0.717) is 0 Å². The van der Waals surface area contributed by atoms with Gasteiger partial charge in [0.05, 0.1) is 7.11 Å². The van der Waals surface area contributed by atoms with Gasteiger partial charge in [0.15, 0.2) is 0 Å². The summed E-state index contributed by atoms with van der Waals surface area (Å²) in [5.74, 6) is 0.794. The number of ether oxygens (including phenoxy) is 1. The molecule has 102 valence electrons. The topological polar surface area (TPSA) is 68.8 Å². The van der Waals surface area contributed by atoms with Crippen LogP contribution in [-0.2, 0) is 0 Å². The minimum absolute atomic E-state index is 0.0294. The van der Waals surface area contributed by atoms with Crippen molar-refractivity contribution in [2.75, 3.05) is 12.4 Å². The maximum atomic E-state index is 8.70. The van der Waals surface area contributed by atoms with E-state index in [1.807, 2.05) is 48.5 Å². The van der Waals surface area contributed by atoms with Gasteiger partial charge in [-0.15, -0.1) is 0 Å². The highest BCUT2D eigenvalue weighted by Gasteiger charge is 2.01. The fourth-order valence-corrected chi connectivity index (χ4v) is 1.84. The van der Waals surface area contributed by atoms with E-state index in [4.69, 9.17) is 15.3 Å². The molecule has 0 aliphatic heterocycles. The Morgan fingerprint density at radius 2 is 1.71 bits per heavy atom. The van der Waals surface area contributed by atoms with E-state index in [9.17, 15) is 0 Å². The molecule has 0 radical (unpaired) electrons. The molecule has 0 aliphatic rings. The number of allylic oxidation sites excluding steroid dienone is 1. The third-order valence-electron chi connectivity index (χ3n) is 2.89. The van der Waals surface area contributed by atoms with Gasteiger partial charge in [0.25, 0.3) is 0 Å². The molecule has 2 aromatic rings. The summed E-state index contributed by atoms with van der Waals surface area (Å²) < 4.78 is 5.22. The van der Waals surface area contributed by atoms with E-state index in [2.05, 4.69) is 5.32 Å². The van der Waals surface area contributed by atoms with Crippen LogP contribution in [0.3, 0.4) is 0 Å². The summed E-state index contributed by atoms with van der Waals surface area (Å²) in [5.41, 5.74) is 2.88. The molecule has 0 aliphatic carbocycles. The van der Waals surface area contributed by atoms with Crippen LogP contribution < -0.4 is 10.1 Å². The molecule has 0 heterocycles. The van der Waals surface area contributed by atoms with Gasteiger partial charge in [-0.1, -0.05) is 24.3 Å². The van der Waals surface area contributed by atoms with Crippen molar-refractivity contribution in [2.45, 2.75) is 0 Å². The molecule has 2 rings (SSSR count). The first-order valence-corrected chi connectivity index (χ1v) is 6.28. The van der Waals surface area contributed by atoms with Crippen molar-refractivity contribution < 1.29 is 4.74 Å². The van der Waals surface area contributed by atoms with Crippen LogP contribution in [0.4, 0.5) is 5.69 Å². The fraction of sp³-hybridized carbons (Fsp3) is 0.0588. The van der Waals surface area contributed by atoms with Crippen molar-refractivity contribution in [3.63, 3.8) is 0 Å². The van der Waals surface area contributed by atoms with E-state index in [1.165, 1.54) is 6.20 Å². The van der Waals surface area contributed by atoms with E-state index < -0.39 is 0 Å². The second-order valence-corrected chi connectivity index (χ2v) is 4.24. The SMILES string of the molecule is COc1cccc(-c2cccc(NC=C(C#N)C#N)c2)c1. The van der Waals surface area contributed by atoms with Crippen LogP contribution in [0.25, 0.3) is 11.1 Å². The molecule has 0 spiro atoms. The molecule has 0 saturated heterocycles. The summed E-state index contributed by atoms with van der Waals surface area (Å²) in [5, 5.41) is 20.3. The van der Waals surface area contributed by atoms with Crippen LogP contribution in [-0.4, -0.2) is 7.11 Å². The molecule has 0 atom stereocenters. The maximum absolute atomic E-state index is 8.70. The average Bonchev–Trinajstić information content (AvgIpc) is 2.56. The Hall–Kier alpha value is -3.24. The van der Waals surface area contributed by atoms with Gasteiger partial charge < -0.3 is 10.1 Å². The Balaban J connectivity index is 2.28. The van der Waals surface area contributed by atoms with Crippen molar-refractivity contribution in [2.24, 2.45) is 0 Å². The van der Waals surface area contributed by atoms with Gasteiger partial charge in [-0.3, -0.25) is 0 Å². The monoisotopic (exact) mass is 275 g/mol. The molecule has 4 nitrogen and oxygen atoms in total. The molecule has 0 saturated carbocycles. The summed E-state index contributed by atoms with van der Waals surface area (Å²) in [6.07, 6.45) is 1.39. The first-order valence-electron chi connectivity index (χ1n) is 6.28. The zero-order valence-electron chi connectivity index (χ0n) is 11.5. The second kappa shape index (κ2) is 6.79. The van der Waals surface area contributed by atoms with E-state index in [1.54, 1.807) is 19.2 Å². The quantitative estimate of drug-likeness (QED) is 0.864. The van der Waals surface area contributed by atoms with Crippen LogP contribution in [0.15, 0.2) is 60.3 Å². The van der Waals surface area contributed by atoms with Gasteiger partial charge in [0.1, 0.15) is 23.5 Å². The number of nitrogens with one attached hydrogen (secondary N) is 1. The molecule has 4 heteroatoms. The Morgan fingerprint density at radius 3 is 2.38 bits per heavy atom. The van der Waals surface area contributed by atoms with Gasteiger partial charge in [0, 0.05) is 11.9 Å². The highest BCUT2D eigenvalue weighted by atomic mass is 16.5. The Morgan fingerprint density at radius 1 is 1.05 bits per heavy atom. The number of methoxy groups -OCH3 is 1. The molecule has 0 unspecified atom stereocenters. The highest BCUT2D eigenvalue weighted by molar-refractivity contribution is 5.69. The summed E-state index contributed by atoms with van der Waals surface area (Å²) in [7, 11) is 1.63. The summed E-state index contributed by atoms with van der Waals surface area (Å²) >= 11 is 0. The predicted octanol–water partition coefficient (Wildman–Crippen LogP) is 3.71. The first kappa shape index (κ1) is 14.2. The van der Waals surface area contributed by atoms with Crippen LogP contribution >= 0.6 is 0 Å². The number of nitriles is 2. The standard InChI is InChI=1S/C17H13N3O/c1-21-17-7-3-5-15(9-17)14-4-2-6-16(8-14)20-12-13(10-18)11-19/h2-9,12,20H,1H3. The van der Waals surface area contributed by atoms with E-state index in [-0.39, 0.29) is 5.57 Å². The van der Waals surface area contributed by atoms with Gasteiger partial charge in [-0.25, -0.2) is 0 Å². The van der Waals surface area contributed by atoms with Crippen molar-refractivity contribution in [1.29, 1.82) is 10.5 Å². The minimum atomic E-state index is 0.0294. The Bertz CT molecular complexity index is 735. The van der Waals surface area contributed by atoms with Gasteiger partial charge >= 0.3 is 0 Å². The molecule has 2 aromatic carbocycles. The van der Waals surface area contributed by atoms with Crippen molar-refractivity contribution in [1.82, 2.24) is 0 Å². The lowest BCUT2D eigenvalue weighted by Gasteiger charge is -2.07. The molecule has 21 heavy (non-hydrogen) atoms. The van der Waals surface area contributed by atoms with Crippen LogP contribution in [0, 0.1) is 22.7 Å². The molecular weight excluding hydrogens is 262 g/mol. The number of hydrogen-bond acceptors (Lipinski definition) is 4. The number of anilines is 1.